The summed E-state index contributed by atoms with van der Waals surface area (Å²) in [7, 11) is 0. The summed E-state index contributed by atoms with van der Waals surface area (Å²) in [5.41, 5.74) is 2.75. The third kappa shape index (κ3) is 8.82. The first-order valence-electron chi connectivity index (χ1n) is 16.8. The van der Waals surface area contributed by atoms with Crippen LogP contribution in [0.1, 0.15) is 42.0 Å². The van der Waals surface area contributed by atoms with Gasteiger partial charge in [0.25, 0.3) is 0 Å². The molecule has 48 heavy (non-hydrogen) atoms. The number of rotatable bonds is 12. The van der Waals surface area contributed by atoms with Crippen LogP contribution < -0.4 is 4.90 Å². The van der Waals surface area contributed by atoms with Crippen LogP contribution in [0.25, 0.3) is 0 Å². The Morgan fingerprint density at radius 2 is 1.29 bits per heavy atom. The van der Waals surface area contributed by atoms with Crippen LogP contribution in [0.2, 0.25) is 0 Å². The lowest BCUT2D eigenvalue weighted by atomic mass is 9.90. The maximum absolute atomic E-state index is 13.9. The third-order valence-corrected chi connectivity index (χ3v) is 9.49. The number of pyridine rings is 1. The number of halogens is 3. The number of ether oxygens (including phenoxy) is 3. The van der Waals surface area contributed by atoms with Crippen molar-refractivity contribution in [3.8, 4) is 0 Å². The van der Waals surface area contributed by atoms with E-state index in [-0.39, 0.29) is 36.0 Å². The van der Waals surface area contributed by atoms with Gasteiger partial charge in [0, 0.05) is 38.4 Å². The van der Waals surface area contributed by atoms with Crippen molar-refractivity contribution in [3.63, 3.8) is 0 Å². The van der Waals surface area contributed by atoms with Gasteiger partial charge in [-0.2, -0.15) is 13.2 Å². The highest BCUT2D eigenvalue weighted by atomic mass is 19.4. The number of anilines is 1. The van der Waals surface area contributed by atoms with Crippen LogP contribution in [0.3, 0.4) is 0 Å². The molecule has 0 amide bonds. The predicted molar refractivity (Wildman–Crippen MR) is 180 cm³/mol. The Labute approximate surface area is 281 Å². The molecular weight excluding hydrogens is 615 g/mol. The third-order valence-electron chi connectivity index (χ3n) is 9.49. The van der Waals surface area contributed by atoms with Gasteiger partial charge in [-0.1, -0.05) is 91.0 Å². The summed E-state index contributed by atoms with van der Waals surface area (Å²) in [4.78, 5) is 8.30. The summed E-state index contributed by atoms with van der Waals surface area (Å²) >= 11 is 0. The summed E-state index contributed by atoms with van der Waals surface area (Å²) in [6, 6.07) is 31.4. The molecule has 3 heterocycles. The van der Waals surface area contributed by atoms with Crippen LogP contribution in [0.4, 0.5) is 18.9 Å². The summed E-state index contributed by atoms with van der Waals surface area (Å²) < 4.78 is 61.8. The highest BCUT2D eigenvalue weighted by Crippen LogP contribution is 2.38. The van der Waals surface area contributed by atoms with Crippen LogP contribution in [-0.2, 0) is 40.2 Å². The minimum Gasteiger partial charge on any atom is -0.369 e. The number of nitrogens with zero attached hydrogens (tertiary/aromatic N) is 3. The molecule has 0 aliphatic carbocycles. The van der Waals surface area contributed by atoms with Crippen molar-refractivity contribution in [3.05, 3.63) is 132 Å². The Morgan fingerprint density at radius 1 is 0.729 bits per heavy atom. The van der Waals surface area contributed by atoms with E-state index in [9.17, 15) is 13.2 Å². The van der Waals surface area contributed by atoms with Crippen LogP contribution in [-0.4, -0.2) is 60.4 Å². The molecule has 1 aromatic heterocycles. The summed E-state index contributed by atoms with van der Waals surface area (Å²) in [5.74, 6) is 0.161. The van der Waals surface area contributed by atoms with Crippen molar-refractivity contribution in [1.29, 1.82) is 0 Å². The Bertz CT molecular complexity index is 1540. The second-order valence-electron chi connectivity index (χ2n) is 12.9. The van der Waals surface area contributed by atoms with E-state index in [1.165, 1.54) is 12.4 Å². The molecule has 0 N–H and O–H groups in total. The zero-order valence-electron chi connectivity index (χ0n) is 27.3. The standard InChI is InChI=1S/C39H44F3N3O3/c1-29-37(47-27-31-14-7-3-8-15-31)38(48-28-32-16-9-4-10-17-32)36(46-26-30-12-5-2-6-13-30)25-45(29)24-33-18-11-21-44(23-33)35-22-43-20-19-34(35)39(40,41)42/h2-10,12-17,19-20,22,29,33,36-38H,11,18,21,23-28H2,1H3/t29-,33-,36+,37-,38-/m1/s1. The fourth-order valence-corrected chi connectivity index (χ4v) is 6.97. The van der Waals surface area contributed by atoms with Crippen LogP contribution in [0, 0.1) is 5.92 Å². The largest absolute Gasteiger partial charge is 0.418 e. The van der Waals surface area contributed by atoms with Gasteiger partial charge in [-0.05, 0) is 48.4 Å². The van der Waals surface area contributed by atoms with Crippen molar-refractivity contribution in [2.45, 2.75) is 70.1 Å². The van der Waals surface area contributed by atoms with Crippen LogP contribution >= 0.6 is 0 Å². The van der Waals surface area contributed by atoms with E-state index >= 15 is 0 Å². The topological polar surface area (TPSA) is 47.1 Å². The lowest BCUT2D eigenvalue weighted by molar-refractivity contribution is -0.202. The van der Waals surface area contributed by atoms with Gasteiger partial charge in [-0.3, -0.25) is 9.88 Å². The molecule has 6 nitrogen and oxygen atoms in total. The molecule has 0 saturated carbocycles. The Hall–Kier alpha value is -3.76. The minimum atomic E-state index is -4.44. The van der Waals surface area contributed by atoms with Gasteiger partial charge in [-0.25, -0.2) is 0 Å². The highest BCUT2D eigenvalue weighted by Gasteiger charge is 2.45. The number of likely N-dealkylation sites (tertiary alicyclic amines) is 1. The van der Waals surface area contributed by atoms with Crippen molar-refractivity contribution in [2.24, 2.45) is 5.92 Å². The maximum Gasteiger partial charge on any atom is 0.418 e. The van der Waals surface area contributed by atoms with Crippen molar-refractivity contribution in [2.75, 3.05) is 31.1 Å². The molecule has 0 radical (unpaired) electrons. The SMILES string of the molecule is C[C@@H]1[C@@H](OCc2ccccc2)[C@H](OCc2ccccc2)[C@@H](OCc2ccccc2)CN1C[C@@H]1CCCN(c2cnccc2C(F)(F)F)C1. The zero-order chi connectivity index (χ0) is 33.3. The van der Waals surface area contributed by atoms with Gasteiger partial charge in [0.1, 0.15) is 12.2 Å². The Kier molecular flexibility index (Phi) is 11.4. The Morgan fingerprint density at radius 3 is 1.88 bits per heavy atom. The van der Waals surface area contributed by atoms with Crippen LogP contribution in [0.15, 0.2) is 109 Å². The molecule has 2 aliphatic rings. The number of benzene rings is 3. The van der Waals surface area contributed by atoms with E-state index in [0.29, 0.717) is 46.0 Å². The molecule has 0 bridgehead atoms. The molecule has 0 spiro atoms. The Balaban J connectivity index is 1.23. The molecule has 2 aliphatic heterocycles. The van der Waals surface area contributed by atoms with E-state index in [1.807, 2.05) is 59.5 Å². The maximum atomic E-state index is 13.9. The van der Waals surface area contributed by atoms with Crippen molar-refractivity contribution in [1.82, 2.24) is 9.88 Å². The summed E-state index contributed by atoms with van der Waals surface area (Å²) in [6.45, 7) is 5.89. The van der Waals surface area contributed by atoms with E-state index in [4.69, 9.17) is 14.2 Å². The average Bonchev–Trinajstić information content (AvgIpc) is 3.11. The smallest absolute Gasteiger partial charge is 0.369 e. The zero-order valence-corrected chi connectivity index (χ0v) is 27.3. The summed E-state index contributed by atoms with van der Waals surface area (Å²) in [6.07, 6.45) is -1.07. The lowest BCUT2D eigenvalue weighted by Gasteiger charge is -2.49. The predicted octanol–water partition coefficient (Wildman–Crippen LogP) is 7.78. The fraction of sp³-hybridized carbons (Fsp3) is 0.410. The quantitative estimate of drug-likeness (QED) is 0.155. The number of hydrogen-bond donors (Lipinski definition) is 0. The van der Waals surface area contributed by atoms with Gasteiger partial charge in [0.05, 0.1) is 43.4 Å². The van der Waals surface area contributed by atoms with Crippen LogP contribution in [0.5, 0.6) is 0 Å². The molecule has 254 valence electrons. The average molecular weight is 660 g/mol. The molecule has 5 atom stereocenters. The highest BCUT2D eigenvalue weighted by molar-refractivity contribution is 5.53. The lowest BCUT2D eigenvalue weighted by Crippen LogP contribution is -2.63. The second-order valence-corrected chi connectivity index (χ2v) is 12.9. The molecule has 3 aromatic carbocycles. The molecule has 2 fully saturated rings. The fourth-order valence-electron chi connectivity index (χ4n) is 6.97. The number of alkyl halides is 3. The van der Waals surface area contributed by atoms with Gasteiger partial charge in [0.2, 0.25) is 0 Å². The first kappa shape index (κ1) is 34.1. The molecule has 4 aromatic rings. The van der Waals surface area contributed by atoms with Gasteiger partial charge in [0.15, 0.2) is 0 Å². The van der Waals surface area contributed by atoms with Gasteiger partial charge >= 0.3 is 6.18 Å². The number of piperidine rings is 2. The molecular formula is C39H44F3N3O3. The first-order valence-corrected chi connectivity index (χ1v) is 16.8. The normalized spacial score (nSPS) is 23.7. The van der Waals surface area contributed by atoms with Gasteiger partial charge in [-0.15, -0.1) is 0 Å². The van der Waals surface area contributed by atoms with E-state index < -0.39 is 11.7 Å². The minimum absolute atomic E-state index is 0.0226. The molecule has 2 saturated heterocycles. The molecule has 9 heteroatoms. The number of hydrogen-bond acceptors (Lipinski definition) is 6. The second kappa shape index (κ2) is 16.1. The first-order chi connectivity index (χ1) is 23.3. The monoisotopic (exact) mass is 659 g/mol. The van der Waals surface area contributed by atoms with E-state index in [1.54, 1.807) is 0 Å². The summed E-state index contributed by atoms with van der Waals surface area (Å²) in [5, 5.41) is 0. The van der Waals surface area contributed by atoms with Gasteiger partial charge < -0.3 is 19.1 Å². The van der Waals surface area contributed by atoms with Crippen molar-refractivity contribution >= 4 is 5.69 Å². The number of aromatic nitrogens is 1. The van der Waals surface area contributed by atoms with Crippen molar-refractivity contribution < 1.29 is 27.4 Å². The molecule has 6 rings (SSSR count). The molecule has 0 unspecified atom stereocenters. The van der Waals surface area contributed by atoms with E-state index in [0.717, 1.165) is 35.6 Å². The van der Waals surface area contributed by atoms with E-state index in [2.05, 4.69) is 53.2 Å².